The van der Waals surface area contributed by atoms with Gasteiger partial charge in [0.05, 0.1) is 27.2 Å². The Kier molecular flexibility index (Phi) is 11.1. The molecule has 0 bridgehead atoms. The number of likely N-dealkylation sites (N-methyl/N-ethyl adjacent to an activating group) is 1. The fourth-order valence-corrected chi connectivity index (χ4v) is 3.74. The van der Waals surface area contributed by atoms with Gasteiger partial charge in [-0.2, -0.15) is 0 Å². The molecule has 0 fully saturated rings. The van der Waals surface area contributed by atoms with E-state index in [1.54, 1.807) is 6.07 Å². The van der Waals surface area contributed by atoms with E-state index in [-0.39, 0.29) is 18.1 Å². The lowest BCUT2D eigenvalue weighted by molar-refractivity contribution is -0.890. The fourth-order valence-electron chi connectivity index (χ4n) is 2.80. The molecule has 0 saturated carbocycles. The Balaban J connectivity index is 2.31. The second-order valence-corrected chi connectivity index (χ2v) is 9.44. The molecule has 0 amide bonds. The molecule has 1 atom stereocenters. The monoisotopic (exact) mass is 418 g/mol. The van der Waals surface area contributed by atoms with Gasteiger partial charge in [0, 0.05) is 7.11 Å². The number of hydrogen-bond donors (Lipinski definition) is 2. The predicted molar refractivity (Wildman–Crippen MR) is 111 cm³/mol. The lowest BCUT2D eigenvalue weighted by Gasteiger charge is -2.30. The van der Waals surface area contributed by atoms with Crippen molar-refractivity contribution >= 4 is 7.82 Å². The van der Waals surface area contributed by atoms with Crippen molar-refractivity contribution in [3.05, 3.63) is 23.8 Å². The van der Waals surface area contributed by atoms with Crippen LogP contribution in [0.4, 0.5) is 0 Å². The van der Waals surface area contributed by atoms with Gasteiger partial charge < -0.3 is 14.7 Å². The summed E-state index contributed by atoms with van der Waals surface area (Å²) in [7, 11) is 2.04. The first-order valence-corrected chi connectivity index (χ1v) is 11.4. The highest BCUT2D eigenvalue weighted by atomic mass is 31.2. The van der Waals surface area contributed by atoms with Crippen molar-refractivity contribution in [2.24, 2.45) is 0 Å². The number of quaternary nitrogens is 1. The second-order valence-electron chi connectivity index (χ2n) is 7.67. The van der Waals surface area contributed by atoms with Crippen LogP contribution in [0.1, 0.15) is 44.6 Å². The van der Waals surface area contributed by atoms with E-state index in [1.165, 1.54) is 44.9 Å². The third kappa shape index (κ3) is 9.89. The summed E-state index contributed by atoms with van der Waals surface area (Å²) in [6.45, 7) is 4.50. The van der Waals surface area contributed by atoms with Gasteiger partial charge in [0.15, 0.2) is 11.5 Å². The minimum Gasteiger partial charge on any atom is -0.504 e. The van der Waals surface area contributed by atoms with Crippen LogP contribution in [-0.2, 0) is 24.6 Å². The molecule has 28 heavy (non-hydrogen) atoms. The molecule has 0 aliphatic rings. The number of benzene rings is 1. The zero-order chi connectivity index (χ0) is 21.0. The molecule has 7 nitrogen and oxygen atoms in total. The zero-order valence-corrected chi connectivity index (χ0v) is 18.6. The molecule has 0 aromatic heterocycles. The summed E-state index contributed by atoms with van der Waals surface area (Å²) < 4.78 is 29.1. The van der Waals surface area contributed by atoms with E-state index in [2.05, 4.69) is 21.0 Å². The molecule has 0 saturated heterocycles. The Labute approximate surface area is 169 Å². The number of rotatable bonds is 15. The standard InChI is InChI=1S/C20H36NO6P/c1-5-6-7-8-13-21(2,3)14-16-27-28(24,25-4)26-15-9-10-18-11-12-19(22)20(23)17-18/h11-12,17H,5-10,13-16H2,1-4H3,(H-,22,23)/p+1. The van der Waals surface area contributed by atoms with Crippen LogP contribution in [0.2, 0.25) is 0 Å². The number of aromatic hydroxyl groups is 2. The van der Waals surface area contributed by atoms with Crippen molar-refractivity contribution in [1.82, 2.24) is 0 Å². The molecular weight excluding hydrogens is 381 g/mol. The van der Waals surface area contributed by atoms with Crippen molar-refractivity contribution < 1.29 is 32.8 Å². The Morgan fingerprint density at radius 1 is 0.964 bits per heavy atom. The van der Waals surface area contributed by atoms with E-state index >= 15 is 0 Å². The first-order chi connectivity index (χ1) is 13.2. The normalized spacial score (nSPS) is 14.1. The molecule has 8 heteroatoms. The number of aryl methyl sites for hydroxylation is 1. The molecule has 1 unspecified atom stereocenters. The van der Waals surface area contributed by atoms with Gasteiger partial charge in [-0.3, -0.25) is 13.6 Å². The topological polar surface area (TPSA) is 85.2 Å². The lowest BCUT2D eigenvalue weighted by Crippen LogP contribution is -2.42. The van der Waals surface area contributed by atoms with Gasteiger partial charge in [0.25, 0.3) is 0 Å². The number of nitrogens with zero attached hydrogens (tertiary/aromatic N) is 1. The van der Waals surface area contributed by atoms with E-state index in [1.807, 2.05) is 0 Å². The maximum absolute atomic E-state index is 12.5. The Morgan fingerprint density at radius 3 is 2.32 bits per heavy atom. The summed E-state index contributed by atoms with van der Waals surface area (Å²) in [5.41, 5.74) is 0.856. The molecule has 162 valence electrons. The summed E-state index contributed by atoms with van der Waals surface area (Å²) in [6.07, 6.45) is 6.08. The third-order valence-electron chi connectivity index (χ3n) is 4.69. The number of phenols is 2. The molecule has 0 aliphatic heterocycles. The lowest BCUT2D eigenvalue weighted by atomic mass is 10.1. The number of phenolic OH excluding ortho intramolecular Hbond substituents is 2. The highest BCUT2D eigenvalue weighted by molar-refractivity contribution is 7.48. The van der Waals surface area contributed by atoms with Crippen molar-refractivity contribution in [1.29, 1.82) is 0 Å². The van der Waals surface area contributed by atoms with Gasteiger partial charge in [-0.15, -0.1) is 0 Å². The number of phosphoric ester groups is 1. The van der Waals surface area contributed by atoms with Crippen LogP contribution in [0.5, 0.6) is 11.5 Å². The number of unbranched alkanes of at least 4 members (excludes halogenated alkanes) is 3. The minimum absolute atomic E-state index is 0.149. The molecule has 0 spiro atoms. The fraction of sp³-hybridized carbons (Fsp3) is 0.700. The summed E-state index contributed by atoms with van der Waals surface area (Å²) in [6, 6.07) is 4.67. The van der Waals surface area contributed by atoms with Gasteiger partial charge in [-0.25, -0.2) is 4.57 Å². The van der Waals surface area contributed by atoms with E-state index in [9.17, 15) is 14.8 Å². The largest absolute Gasteiger partial charge is 0.504 e. The zero-order valence-electron chi connectivity index (χ0n) is 17.7. The number of phosphoric acid groups is 1. The Morgan fingerprint density at radius 2 is 1.68 bits per heavy atom. The highest BCUT2D eigenvalue weighted by Crippen LogP contribution is 2.48. The molecule has 0 aliphatic carbocycles. The van der Waals surface area contributed by atoms with E-state index in [4.69, 9.17) is 13.6 Å². The van der Waals surface area contributed by atoms with Gasteiger partial charge in [-0.05, 0) is 43.4 Å². The van der Waals surface area contributed by atoms with Gasteiger partial charge in [0.1, 0.15) is 13.2 Å². The SMILES string of the molecule is CCCCCC[N+](C)(C)CCOP(=O)(OC)OCCCc1ccc(O)c(O)c1. The van der Waals surface area contributed by atoms with Crippen LogP contribution in [0.25, 0.3) is 0 Å². The van der Waals surface area contributed by atoms with Gasteiger partial charge >= 0.3 is 7.82 Å². The van der Waals surface area contributed by atoms with Crippen molar-refractivity contribution in [2.75, 3.05) is 47.5 Å². The molecule has 1 aromatic carbocycles. The molecule has 0 radical (unpaired) electrons. The van der Waals surface area contributed by atoms with Gasteiger partial charge in [-0.1, -0.05) is 25.8 Å². The van der Waals surface area contributed by atoms with Crippen LogP contribution >= 0.6 is 7.82 Å². The quantitative estimate of drug-likeness (QED) is 0.189. The van der Waals surface area contributed by atoms with Gasteiger partial charge in [0.2, 0.25) is 0 Å². The van der Waals surface area contributed by atoms with Crippen molar-refractivity contribution in [3.8, 4) is 11.5 Å². The average Bonchev–Trinajstić information content (AvgIpc) is 2.65. The molecule has 2 N–H and O–H groups in total. The first kappa shape index (κ1) is 24.9. The second kappa shape index (κ2) is 12.5. The Hall–Kier alpha value is -1.11. The smallest absolute Gasteiger partial charge is 0.474 e. The molecule has 1 rings (SSSR count). The Bertz CT molecular complexity index is 623. The van der Waals surface area contributed by atoms with Crippen LogP contribution in [0.3, 0.4) is 0 Å². The van der Waals surface area contributed by atoms with Crippen LogP contribution < -0.4 is 0 Å². The molecular formula is C20H37NO6P+. The summed E-state index contributed by atoms with van der Waals surface area (Å²) in [4.78, 5) is 0. The van der Waals surface area contributed by atoms with Crippen molar-refractivity contribution in [3.63, 3.8) is 0 Å². The molecule has 1 aromatic rings. The van der Waals surface area contributed by atoms with Crippen LogP contribution in [-0.4, -0.2) is 62.2 Å². The predicted octanol–water partition coefficient (Wildman–Crippen LogP) is 4.47. The third-order valence-corrected chi connectivity index (χ3v) is 6.13. The van der Waals surface area contributed by atoms with E-state index < -0.39 is 7.82 Å². The van der Waals surface area contributed by atoms with E-state index in [0.29, 0.717) is 19.4 Å². The number of hydrogen-bond acceptors (Lipinski definition) is 6. The van der Waals surface area contributed by atoms with Crippen LogP contribution in [0, 0.1) is 0 Å². The van der Waals surface area contributed by atoms with Crippen molar-refractivity contribution in [2.45, 2.75) is 45.4 Å². The minimum atomic E-state index is -3.56. The highest BCUT2D eigenvalue weighted by Gasteiger charge is 2.26. The maximum Gasteiger partial charge on any atom is 0.474 e. The van der Waals surface area contributed by atoms with E-state index in [0.717, 1.165) is 23.1 Å². The summed E-state index contributed by atoms with van der Waals surface area (Å²) in [5, 5.41) is 18.8. The molecule has 0 heterocycles. The maximum atomic E-state index is 12.5. The summed E-state index contributed by atoms with van der Waals surface area (Å²) >= 11 is 0. The average molecular weight is 418 g/mol. The van der Waals surface area contributed by atoms with Crippen LogP contribution in [0.15, 0.2) is 18.2 Å². The first-order valence-electron chi connectivity index (χ1n) is 9.99. The summed E-state index contributed by atoms with van der Waals surface area (Å²) in [5.74, 6) is -0.302.